The number of carbonyl (C=O) groups excluding carboxylic acids is 1. The number of nitrogens with one attached hydrogen (secondary N) is 2. The number of hydrogen-bond acceptors (Lipinski definition) is 4. The molecule has 1 aromatic rings. The smallest absolute Gasteiger partial charge is 0.242 e. The lowest BCUT2D eigenvalue weighted by molar-refractivity contribution is -0.123. The third-order valence-electron chi connectivity index (χ3n) is 2.48. The summed E-state index contributed by atoms with van der Waals surface area (Å²) in [6, 6.07) is 1.53. The van der Waals surface area contributed by atoms with E-state index >= 15 is 0 Å². The molecule has 0 aromatic carbocycles. The number of nitrogens with two attached hydrogens (primary N) is 1. The predicted octanol–water partition coefficient (Wildman–Crippen LogP) is 1.12. The molecule has 0 bridgehead atoms. The molecule has 1 unspecified atom stereocenters. The number of anilines is 2. The molecule has 2 rings (SSSR count). The standard InChI is InChI=1S/C10H13BrN4O/c11-6-4-7(12)9(14-5-6)15-8-2-1-3-13-10(8)16/h4-5,8H,1-3,12H2,(H,13,16)(H,14,15). The van der Waals surface area contributed by atoms with Crippen LogP contribution in [0.3, 0.4) is 0 Å². The van der Waals surface area contributed by atoms with Crippen LogP contribution in [-0.4, -0.2) is 23.5 Å². The molecule has 2 heterocycles. The van der Waals surface area contributed by atoms with Gasteiger partial charge in [0, 0.05) is 17.2 Å². The van der Waals surface area contributed by atoms with Crippen molar-refractivity contribution in [2.24, 2.45) is 0 Å². The Morgan fingerprint density at radius 2 is 2.44 bits per heavy atom. The molecule has 0 radical (unpaired) electrons. The molecular weight excluding hydrogens is 272 g/mol. The summed E-state index contributed by atoms with van der Waals surface area (Å²) in [6.07, 6.45) is 3.43. The molecule has 1 saturated heterocycles. The van der Waals surface area contributed by atoms with Crippen LogP contribution >= 0.6 is 15.9 Å². The van der Waals surface area contributed by atoms with Gasteiger partial charge in [-0.2, -0.15) is 0 Å². The van der Waals surface area contributed by atoms with E-state index in [1.165, 1.54) is 0 Å². The molecular formula is C10H13BrN4O. The van der Waals surface area contributed by atoms with Crippen molar-refractivity contribution in [3.63, 3.8) is 0 Å². The number of rotatable bonds is 2. The Morgan fingerprint density at radius 1 is 1.62 bits per heavy atom. The molecule has 1 amide bonds. The van der Waals surface area contributed by atoms with Crippen LogP contribution in [0.15, 0.2) is 16.7 Å². The van der Waals surface area contributed by atoms with Gasteiger partial charge in [-0.25, -0.2) is 4.98 Å². The van der Waals surface area contributed by atoms with E-state index in [0.29, 0.717) is 11.5 Å². The maximum absolute atomic E-state index is 11.5. The van der Waals surface area contributed by atoms with Crippen LogP contribution in [0.2, 0.25) is 0 Å². The highest BCUT2D eigenvalue weighted by atomic mass is 79.9. The van der Waals surface area contributed by atoms with Crippen molar-refractivity contribution in [3.8, 4) is 0 Å². The molecule has 5 nitrogen and oxygen atoms in total. The fourth-order valence-electron chi connectivity index (χ4n) is 1.65. The first-order valence-electron chi connectivity index (χ1n) is 5.12. The molecule has 0 saturated carbocycles. The van der Waals surface area contributed by atoms with Gasteiger partial charge in [0.2, 0.25) is 5.91 Å². The molecule has 4 N–H and O–H groups in total. The highest BCUT2D eigenvalue weighted by Crippen LogP contribution is 2.21. The van der Waals surface area contributed by atoms with E-state index in [1.54, 1.807) is 12.3 Å². The number of pyridine rings is 1. The van der Waals surface area contributed by atoms with Crippen LogP contribution in [0.25, 0.3) is 0 Å². The number of halogens is 1. The maximum atomic E-state index is 11.5. The average molecular weight is 285 g/mol. The second-order valence-corrected chi connectivity index (χ2v) is 4.64. The summed E-state index contributed by atoms with van der Waals surface area (Å²) in [7, 11) is 0. The van der Waals surface area contributed by atoms with E-state index in [-0.39, 0.29) is 11.9 Å². The first kappa shape index (κ1) is 11.2. The van der Waals surface area contributed by atoms with Crippen molar-refractivity contribution in [1.82, 2.24) is 10.3 Å². The Bertz CT molecular complexity index is 410. The number of aromatic nitrogens is 1. The number of nitrogens with zero attached hydrogens (tertiary/aromatic N) is 1. The zero-order valence-electron chi connectivity index (χ0n) is 8.66. The largest absolute Gasteiger partial charge is 0.396 e. The van der Waals surface area contributed by atoms with Crippen molar-refractivity contribution in [3.05, 3.63) is 16.7 Å². The fraction of sp³-hybridized carbons (Fsp3) is 0.400. The van der Waals surface area contributed by atoms with Crippen LogP contribution in [0.1, 0.15) is 12.8 Å². The van der Waals surface area contributed by atoms with Gasteiger partial charge in [-0.05, 0) is 34.8 Å². The normalized spacial score (nSPS) is 20.3. The lowest BCUT2D eigenvalue weighted by atomic mass is 10.1. The Hall–Kier alpha value is -1.30. The van der Waals surface area contributed by atoms with Gasteiger partial charge in [-0.1, -0.05) is 0 Å². The zero-order valence-corrected chi connectivity index (χ0v) is 10.3. The molecule has 86 valence electrons. The van der Waals surface area contributed by atoms with Gasteiger partial charge in [0.1, 0.15) is 11.9 Å². The van der Waals surface area contributed by atoms with E-state index in [0.717, 1.165) is 23.9 Å². The van der Waals surface area contributed by atoms with E-state index < -0.39 is 0 Å². The molecule has 0 spiro atoms. The average Bonchev–Trinajstić information content (AvgIpc) is 2.25. The van der Waals surface area contributed by atoms with Crippen LogP contribution in [0.5, 0.6) is 0 Å². The third-order valence-corrected chi connectivity index (χ3v) is 2.91. The van der Waals surface area contributed by atoms with E-state index in [2.05, 4.69) is 31.5 Å². The van der Waals surface area contributed by atoms with Gasteiger partial charge in [0.15, 0.2) is 0 Å². The fourth-order valence-corrected chi connectivity index (χ4v) is 2.00. The van der Waals surface area contributed by atoms with Crippen molar-refractivity contribution in [1.29, 1.82) is 0 Å². The minimum atomic E-state index is -0.232. The van der Waals surface area contributed by atoms with Gasteiger partial charge in [-0.3, -0.25) is 4.79 Å². The second kappa shape index (κ2) is 4.69. The summed E-state index contributed by atoms with van der Waals surface area (Å²) < 4.78 is 0.823. The van der Waals surface area contributed by atoms with Gasteiger partial charge in [0.05, 0.1) is 5.69 Å². The maximum Gasteiger partial charge on any atom is 0.242 e. The minimum absolute atomic E-state index is 0.00960. The van der Waals surface area contributed by atoms with E-state index in [9.17, 15) is 4.79 Å². The molecule has 1 fully saturated rings. The second-order valence-electron chi connectivity index (χ2n) is 3.72. The summed E-state index contributed by atoms with van der Waals surface area (Å²) in [5.74, 6) is 0.570. The first-order chi connectivity index (χ1) is 7.66. The number of piperidine rings is 1. The summed E-state index contributed by atoms with van der Waals surface area (Å²) in [5, 5.41) is 5.86. The molecule has 1 aliphatic heterocycles. The Labute approximate surface area is 102 Å². The topological polar surface area (TPSA) is 80.0 Å². The van der Waals surface area contributed by atoms with Gasteiger partial charge < -0.3 is 16.4 Å². The molecule has 1 aliphatic rings. The van der Waals surface area contributed by atoms with Gasteiger partial charge in [-0.15, -0.1) is 0 Å². The quantitative estimate of drug-likeness (QED) is 0.760. The number of hydrogen-bond donors (Lipinski definition) is 3. The Balaban J connectivity index is 2.10. The lowest BCUT2D eigenvalue weighted by Crippen LogP contribution is -2.44. The SMILES string of the molecule is Nc1cc(Br)cnc1NC1CCCNC1=O. The zero-order chi connectivity index (χ0) is 11.5. The van der Waals surface area contributed by atoms with Crippen molar-refractivity contribution < 1.29 is 4.79 Å². The number of nitrogen functional groups attached to an aromatic ring is 1. The third kappa shape index (κ3) is 2.44. The van der Waals surface area contributed by atoms with Crippen LogP contribution in [0, 0.1) is 0 Å². The summed E-state index contributed by atoms with van der Waals surface area (Å²) in [6.45, 7) is 0.750. The number of carbonyl (C=O) groups is 1. The Kier molecular flexibility index (Phi) is 3.28. The summed E-state index contributed by atoms with van der Waals surface area (Å²) in [4.78, 5) is 15.7. The summed E-state index contributed by atoms with van der Waals surface area (Å²) in [5.41, 5.74) is 6.33. The van der Waals surface area contributed by atoms with Crippen molar-refractivity contribution in [2.45, 2.75) is 18.9 Å². The monoisotopic (exact) mass is 284 g/mol. The predicted molar refractivity (Wildman–Crippen MR) is 66.0 cm³/mol. The highest BCUT2D eigenvalue weighted by molar-refractivity contribution is 9.10. The van der Waals surface area contributed by atoms with Gasteiger partial charge in [0.25, 0.3) is 0 Å². The van der Waals surface area contributed by atoms with E-state index in [1.807, 2.05) is 0 Å². The highest BCUT2D eigenvalue weighted by Gasteiger charge is 2.22. The Morgan fingerprint density at radius 3 is 3.12 bits per heavy atom. The van der Waals surface area contributed by atoms with Crippen LogP contribution in [-0.2, 0) is 4.79 Å². The minimum Gasteiger partial charge on any atom is -0.396 e. The van der Waals surface area contributed by atoms with Crippen molar-refractivity contribution >= 4 is 33.3 Å². The molecule has 1 atom stereocenters. The molecule has 16 heavy (non-hydrogen) atoms. The lowest BCUT2D eigenvalue weighted by Gasteiger charge is -2.23. The van der Waals surface area contributed by atoms with E-state index in [4.69, 9.17) is 5.73 Å². The van der Waals surface area contributed by atoms with Crippen molar-refractivity contribution in [2.75, 3.05) is 17.6 Å². The molecule has 1 aromatic heterocycles. The molecule has 6 heteroatoms. The van der Waals surface area contributed by atoms with Crippen LogP contribution < -0.4 is 16.4 Å². The first-order valence-corrected chi connectivity index (χ1v) is 5.91. The molecule has 0 aliphatic carbocycles. The number of amides is 1. The van der Waals surface area contributed by atoms with Crippen LogP contribution in [0.4, 0.5) is 11.5 Å². The summed E-state index contributed by atoms with van der Waals surface area (Å²) >= 11 is 3.28. The van der Waals surface area contributed by atoms with Gasteiger partial charge >= 0.3 is 0 Å².